The molecular weight excluding hydrogens is 280 g/mol. The monoisotopic (exact) mass is 300 g/mol. The third-order valence-corrected chi connectivity index (χ3v) is 3.15. The number of halogens is 1. The molecule has 1 aliphatic rings. The number of amides is 1. The molecule has 0 bridgehead atoms. The van der Waals surface area contributed by atoms with E-state index in [1.54, 1.807) is 0 Å². The summed E-state index contributed by atoms with van der Waals surface area (Å²) >= 11 is 5.54. The number of nitrogens with zero attached hydrogens (tertiary/aromatic N) is 2. The zero-order valence-electron chi connectivity index (χ0n) is 11.5. The number of ether oxygens (including phenoxy) is 1. The first kappa shape index (κ1) is 16.8. The number of nitrogens with one attached hydrogen (secondary N) is 2. The van der Waals surface area contributed by atoms with Crippen molar-refractivity contribution in [2.75, 3.05) is 51.8 Å². The van der Waals surface area contributed by atoms with Crippen molar-refractivity contribution in [1.29, 1.82) is 5.26 Å². The van der Waals surface area contributed by atoms with Crippen molar-refractivity contribution in [3.05, 3.63) is 11.8 Å². The Balaban J connectivity index is 2.23. The van der Waals surface area contributed by atoms with Crippen LogP contribution in [0.25, 0.3) is 0 Å². The van der Waals surface area contributed by atoms with Crippen LogP contribution in [0.5, 0.6) is 0 Å². The van der Waals surface area contributed by atoms with Crippen LogP contribution in [0.2, 0.25) is 0 Å². The van der Waals surface area contributed by atoms with Crippen LogP contribution in [0.3, 0.4) is 0 Å². The maximum Gasteiger partial charge on any atom is 0.263 e. The summed E-state index contributed by atoms with van der Waals surface area (Å²) in [6.45, 7) is 5.19. The number of hydrogen-bond donors (Lipinski definition) is 2. The fourth-order valence-electron chi connectivity index (χ4n) is 1.74. The van der Waals surface area contributed by atoms with Gasteiger partial charge in [-0.2, -0.15) is 5.26 Å². The zero-order chi connectivity index (χ0) is 14.6. The number of rotatable bonds is 8. The number of carbonyl (C=O) groups excluding carboxylic acids is 1. The third kappa shape index (κ3) is 6.75. The van der Waals surface area contributed by atoms with Gasteiger partial charge in [-0.15, -0.1) is 11.6 Å². The summed E-state index contributed by atoms with van der Waals surface area (Å²) in [6, 6.07) is 1.89. The standard InChI is InChI=1S/C13H21ClN4O2/c14-2-1-3-16-11-12(10-15)13(19)17-4-5-18-6-8-20-9-7-18/h11,16H,1-9H2,(H,17,19)/b12-11-. The second-order valence-electron chi connectivity index (χ2n) is 4.38. The topological polar surface area (TPSA) is 77.4 Å². The van der Waals surface area contributed by atoms with Gasteiger partial charge in [0.25, 0.3) is 5.91 Å². The van der Waals surface area contributed by atoms with Gasteiger partial charge in [0.05, 0.1) is 13.2 Å². The molecule has 0 aromatic carbocycles. The lowest BCUT2D eigenvalue weighted by atomic mass is 10.3. The second-order valence-corrected chi connectivity index (χ2v) is 4.75. The van der Waals surface area contributed by atoms with Gasteiger partial charge in [0.15, 0.2) is 0 Å². The van der Waals surface area contributed by atoms with Crippen LogP contribution in [0, 0.1) is 11.3 Å². The minimum absolute atomic E-state index is 0.0848. The Bertz CT molecular complexity index is 362. The average Bonchev–Trinajstić information content (AvgIpc) is 2.48. The average molecular weight is 301 g/mol. The minimum atomic E-state index is -0.348. The normalized spacial score (nSPS) is 16.5. The summed E-state index contributed by atoms with van der Waals surface area (Å²) in [4.78, 5) is 14.0. The van der Waals surface area contributed by atoms with Crippen LogP contribution >= 0.6 is 11.6 Å². The molecule has 1 rings (SSSR count). The van der Waals surface area contributed by atoms with Gasteiger partial charge < -0.3 is 15.4 Å². The summed E-state index contributed by atoms with van der Waals surface area (Å²) < 4.78 is 5.25. The van der Waals surface area contributed by atoms with Crippen LogP contribution in [-0.4, -0.2) is 62.6 Å². The van der Waals surface area contributed by atoms with Crippen molar-refractivity contribution >= 4 is 17.5 Å². The molecule has 112 valence electrons. The number of carbonyl (C=O) groups is 1. The van der Waals surface area contributed by atoms with E-state index in [-0.39, 0.29) is 11.5 Å². The number of morpholine rings is 1. The van der Waals surface area contributed by atoms with Gasteiger partial charge in [-0.3, -0.25) is 9.69 Å². The third-order valence-electron chi connectivity index (χ3n) is 2.88. The fourth-order valence-corrected chi connectivity index (χ4v) is 1.87. The van der Waals surface area contributed by atoms with E-state index in [1.807, 2.05) is 6.07 Å². The molecule has 0 spiro atoms. The lowest BCUT2D eigenvalue weighted by Crippen LogP contribution is -2.41. The first-order valence-electron chi connectivity index (χ1n) is 6.76. The van der Waals surface area contributed by atoms with E-state index in [9.17, 15) is 4.79 Å². The largest absolute Gasteiger partial charge is 0.390 e. The van der Waals surface area contributed by atoms with E-state index in [4.69, 9.17) is 21.6 Å². The summed E-state index contributed by atoms with van der Waals surface area (Å²) in [7, 11) is 0. The molecule has 0 aromatic rings. The van der Waals surface area contributed by atoms with E-state index in [0.29, 0.717) is 19.0 Å². The maximum atomic E-state index is 11.8. The first-order valence-corrected chi connectivity index (χ1v) is 7.29. The van der Waals surface area contributed by atoms with E-state index >= 15 is 0 Å². The molecule has 20 heavy (non-hydrogen) atoms. The zero-order valence-corrected chi connectivity index (χ0v) is 12.3. The van der Waals surface area contributed by atoms with E-state index in [0.717, 1.165) is 39.3 Å². The SMILES string of the molecule is N#C/C(=C/NCCCCl)C(=O)NCCN1CCOCC1. The first-order chi connectivity index (χ1) is 9.77. The summed E-state index contributed by atoms with van der Waals surface area (Å²) in [5.41, 5.74) is 0.0848. The molecular formula is C13H21ClN4O2. The van der Waals surface area contributed by atoms with Gasteiger partial charge in [-0.05, 0) is 6.42 Å². The highest BCUT2D eigenvalue weighted by Crippen LogP contribution is 1.96. The lowest BCUT2D eigenvalue weighted by Gasteiger charge is -2.26. The van der Waals surface area contributed by atoms with Crippen LogP contribution in [0.4, 0.5) is 0 Å². The Kier molecular flexibility index (Phi) is 8.79. The molecule has 2 N–H and O–H groups in total. The van der Waals surface area contributed by atoms with Crippen molar-refractivity contribution in [2.45, 2.75) is 6.42 Å². The van der Waals surface area contributed by atoms with Gasteiger partial charge in [-0.1, -0.05) is 0 Å². The molecule has 7 heteroatoms. The summed E-state index contributed by atoms with van der Waals surface area (Å²) in [5, 5.41) is 14.6. The van der Waals surface area contributed by atoms with E-state index in [2.05, 4.69) is 15.5 Å². The van der Waals surface area contributed by atoms with Crippen LogP contribution in [0.15, 0.2) is 11.8 Å². The predicted molar refractivity (Wildman–Crippen MR) is 77.3 cm³/mol. The highest BCUT2D eigenvalue weighted by atomic mass is 35.5. The van der Waals surface area contributed by atoms with Crippen LogP contribution < -0.4 is 10.6 Å². The lowest BCUT2D eigenvalue weighted by molar-refractivity contribution is -0.117. The molecule has 1 amide bonds. The highest BCUT2D eigenvalue weighted by molar-refractivity contribution is 6.17. The van der Waals surface area contributed by atoms with E-state index in [1.165, 1.54) is 6.20 Å². The quantitative estimate of drug-likeness (QED) is 0.287. The van der Waals surface area contributed by atoms with Gasteiger partial charge in [0.2, 0.25) is 0 Å². The predicted octanol–water partition coefficient (Wildman–Crippen LogP) is 0.0608. The Labute approximate surface area is 124 Å². The molecule has 1 aliphatic heterocycles. The summed E-state index contributed by atoms with van der Waals surface area (Å²) in [6.07, 6.45) is 2.23. The van der Waals surface area contributed by atoms with Crippen molar-refractivity contribution in [2.24, 2.45) is 0 Å². The molecule has 6 nitrogen and oxygen atoms in total. The molecule has 0 aliphatic carbocycles. The maximum absolute atomic E-state index is 11.8. The van der Waals surface area contributed by atoms with E-state index < -0.39 is 0 Å². The molecule has 1 fully saturated rings. The second kappa shape index (κ2) is 10.5. The molecule has 0 saturated carbocycles. The van der Waals surface area contributed by atoms with Gasteiger partial charge in [-0.25, -0.2) is 0 Å². The summed E-state index contributed by atoms with van der Waals surface area (Å²) in [5.74, 6) is 0.202. The molecule has 0 radical (unpaired) electrons. The Hall–Kier alpha value is -1.29. The van der Waals surface area contributed by atoms with Crippen molar-refractivity contribution in [3.63, 3.8) is 0 Å². The number of hydrogen-bond acceptors (Lipinski definition) is 5. The van der Waals surface area contributed by atoms with Gasteiger partial charge in [0, 0.05) is 44.8 Å². The highest BCUT2D eigenvalue weighted by Gasteiger charge is 2.11. The Morgan fingerprint density at radius 3 is 2.80 bits per heavy atom. The Morgan fingerprint density at radius 2 is 2.15 bits per heavy atom. The van der Waals surface area contributed by atoms with Gasteiger partial charge in [0.1, 0.15) is 11.6 Å². The number of nitriles is 1. The van der Waals surface area contributed by atoms with Crippen molar-refractivity contribution in [3.8, 4) is 6.07 Å². The molecule has 0 atom stereocenters. The van der Waals surface area contributed by atoms with Gasteiger partial charge >= 0.3 is 0 Å². The van der Waals surface area contributed by atoms with Crippen LogP contribution in [0.1, 0.15) is 6.42 Å². The molecule has 1 saturated heterocycles. The molecule has 0 unspecified atom stereocenters. The molecule has 1 heterocycles. The molecule has 0 aromatic heterocycles. The van der Waals surface area contributed by atoms with Crippen molar-refractivity contribution in [1.82, 2.24) is 15.5 Å². The van der Waals surface area contributed by atoms with Crippen molar-refractivity contribution < 1.29 is 9.53 Å². The fraction of sp³-hybridized carbons (Fsp3) is 0.692. The smallest absolute Gasteiger partial charge is 0.263 e. The van der Waals surface area contributed by atoms with Crippen LogP contribution in [-0.2, 0) is 9.53 Å². The number of alkyl halides is 1. The Morgan fingerprint density at radius 1 is 1.40 bits per heavy atom. The minimum Gasteiger partial charge on any atom is -0.390 e.